The van der Waals surface area contributed by atoms with E-state index in [1.165, 1.54) is 0 Å². The largest absolute Gasteiger partial charge is 0.330 e. The molecule has 0 unspecified atom stereocenters. The molecule has 0 heterocycles. The summed E-state index contributed by atoms with van der Waals surface area (Å²) in [4.78, 5) is 15.3. The number of carbonyl (C=O) groups is 1. The first-order chi connectivity index (χ1) is 12.7. The van der Waals surface area contributed by atoms with E-state index in [1.807, 2.05) is 0 Å². The van der Waals surface area contributed by atoms with E-state index < -0.39 is 0 Å². The van der Waals surface area contributed by atoms with Crippen LogP contribution in [-0.2, 0) is 4.79 Å². The maximum Gasteiger partial charge on any atom is 0.241 e. The molecule has 0 saturated heterocycles. The third kappa shape index (κ3) is 9.36. The van der Waals surface area contributed by atoms with Gasteiger partial charge in [-0.1, -0.05) is 17.2 Å². The zero-order valence-electron chi connectivity index (χ0n) is 15.2. The Kier molecular flexibility index (Phi) is 11.8. The molecule has 0 bridgehead atoms. The Labute approximate surface area is 154 Å². The summed E-state index contributed by atoms with van der Waals surface area (Å²) in [6.07, 6.45) is 3.38. The summed E-state index contributed by atoms with van der Waals surface area (Å²) >= 11 is 0. The van der Waals surface area contributed by atoms with Gasteiger partial charge in [0.2, 0.25) is 5.91 Å². The van der Waals surface area contributed by atoms with Crippen molar-refractivity contribution in [2.45, 2.75) is 31.7 Å². The zero-order valence-corrected chi connectivity index (χ0v) is 15.2. The summed E-state index contributed by atoms with van der Waals surface area (Å²) in [5.74, 6) is -0.0829. The first kappa shape index (κ1) is 21.9. The number of nitrogens with two attached hydrogens (primary N) is 2. The number of hydrogen-bond donors (Lipinski definition) is 5. The predicted molar refractivity (Wildman–Crippen MR) is 105 cm³/mol. The van der Waals surface area contributed by atoms with E-state index in [0.29, 0.717) is 31.0 Å². The van der Waals surface area contributed by atoms with E-state index >= 15 is 0 Å². The van der Waals surface area contributed by atoms with Crippen LogP contribution < -0.4 is 27.4 Å². The van der Waals surface area contributed by atoms with Gasteiger partial charge < -0.3 is 27.4 Å². The second-order valence-corrected chi connectivity index (χ2v) is 5.91. The number of hydrogen-bond acceptors (Lipinski definition) is 6. The summed E-state index contributed by atoms with van der Waals surface area (Å²) in [7, 11) is 0. The van der Waals surface area contributed by atoms with Crippen LogP contribution >= 0.6 is 0 Å². The molecule has 1 aromatic carbocycles. The second-order valence-electron chi connectivity index (χ2n) is 5.91. The molecule has 7 N–H and O–H groups in total. The molecule has 0 aliphatic heterocycles. The van der Waals surface area contributed by atoms with Gasteiger partial charge in [0.25, 0.3) is 0 Å². The lowest BCUT2D eigenvalue weighted by Gasteiger charge is -2.18. The van der Waals surface area contributed by atoms with Crippen LogP contribution in [0.2, 0.25) is 0 Å². The molecule has 9 nitrogen and oxygen atoms in total. The molecular formula is C17H30N8O. The molecule has 0 aliphatic carbocycles. The SMILES string of the molecule is [N-]=[N+]=Nc1ccc(NC(=O)[C@H](CCCNCCCN)NCCCN)cc1. The van der Waals surface area contributed by atoms with Gasteiger partial charge in [-0.3, -0.25) is 4.79 Å². The number of anilines is 1. The smallest absolute Gasteiger partial charge is 0.241 e. The second kappa shape index (κ2) is 14.1. The number of carbonyl (C=O) groups excluding carboxylic acids is 1. The minimum absolute atomic E-state index is 0.0829. The van der Waals surface area contributed by atoms with Crippen molar-refractivity contribution in [3.05, 3.63) is 34.7 Å². The Balaban J connectivity index is 2.51. The maximum atomic E-state index is 12.6. The Bertz CT molecular complexity index is 556. The van der Waals surface area contributed by atoms with Crippen molar-refractivity contribution in [2.24, 2.45) is 16.6 Å². The summed E-state index contributed by atoms with van der Waals surface area (Å²) in [5, 5.41) is 13.0. The van der Waals surface area contributed by atoms with Crippen molar-refractivity contribution in [3.63, 3.8) is 0 Å². The van der Waals surface area contributed by atoms with Crippen molar-refractivity contribution in [2.75, 3.05) is 38.0 Å². The Morgan fingerprint density at radius 3 is 2.38 bits per heavy atom. The van der Waals surface area contributed by atoms with E-state index in [1.54, 1.807) is 24.3 Å². The van der Waals surface area contributed by atoms with Crippen molar-refractivity contribution < 1.29 is 4.79 Å². The van der Waals surface area contributed by atoms with Gasteiger partial charge in [0, 0.05) is 16.3 Å². The maximum absolute atomic E-state index is 12.6. The first-order valence-corrected chi connectivity index (χ1v) is 9.01. The summed E-state index contributed by atoms with van der Waals surface area (Å²) in [6.45, 7) is 3.71. The Hall–Kier alpha value is -2.16. The van der Waals surface area contributed by atoms with Crippen molar-refractivity contribution in [1.82, 2.24) is 10.6 Å². The van der Waals surface area contributed by atoms with Crippen LogP contribution in [0.25, 0.3) is 10.4 Å². The minimum Gasteiger partial charge on any atom is -0.330 e. The molecule has 0 saturated carbocycles. The highest BCUT2D eigenvalue weighted by atomic mass is 16.2. The van der Waals surface area contributed by atoms with Crippen LogP contribution in [0.4, 0.5) is 11.4 Å². The molecule has 0 aliphatic rings. The monoisotopic (exact) mass is 362 g/mol. The van der Waals surface area contributed by atoms with Crippen molar-refractivity contribution in [3.8, 4) is 0 Å². The number of amides is 1. The standard InChI is InChI=1S/C17H30N8O/c18-9-2-12-21-11-1-4-16(22-13-3-10-19)17(26)23-14-5-7-15(8-6-14)24-25-20/h5-8,16,21-22H,1-4,9-13,18-19H2,(H,23,26)/t16-/m0/s1. The van der Waals surface area contributed by atoms with Crippen molar-refractivity contribution >= 4 is 17.3 Å². The molecule has 1 atom stereocenters. The van der Waals surface area contributed by atoms with Crippen LogP contribution in [0.3, 0.4) is 0 Å². The van der Waals surface area contributed by atoms with Gasteiger partial charge in [0.05, 0.1) is 6.04 Å². The van der Waals surface area contributed by atoms with Gasteiger partial charge in [-0.05, 0) is 76.1 Å². The quantitative estimate of drug-likeness (QED) is 0.147. The fourth-order valence-corrected chi connectivity index (χ4v) is 2.38. The fourth-order valence-electron chi connectivity index (χ4n) is 2.38. The third-order valence-electron chi connectivity index (χ3n) is 3.79. The highest BCUT2D eigenvalue weighted by Crippen LogP contribution is 2.16. The van der Waals surface area contributed by atoms with Crippen LogP contribution in [0, 0.1) is 0 Å². The average Bonchev–Trinajstić information content (AvgIpc) is 2.65. The van der Waals surface area contributed by atoms with E-state index in [-0.39, 0.29) is 11.9 Å². The topological polar surface area (TPSA) is 154 Å². The van der Waals surface area contributed by atoms with Crippen LogP contribution in [-0.4, -0.2) is 44.7 Å². The van der Waals surface area contributed by atoms with Crippen LogP contribution in [0.1, 0.15) is 25.7 Å². The number of rotatable bonds is 14. The summed E-state index contributed by atoms with van der Waals surface area (Å²) in [5.41, 5.74) is 20.6. The number of nitrogens with zero attached hydrogens (tertiary/aromatic N) is 3. The van der Waals surface area contributed by atoms with Crippen molar-refractivity contribution in [1.29, 1.82) is 0 Å². The zero-order chi connectivity index (χ0) is 19.0. The molecule has 26 heavy (non-hydrogen) atoms. The van der Waals surface area contributed by atoms with Gasteiger partial charge in [-0.25, -0.2) is 0 Å². The highest BCUT2D eigenvalue weighted by Gasteiger charge is 2.17. The highest BCUT2D eigenvalue weighted by molar-refractivity contribution is 5.94. The van der Waals surface area contributed by atoms with Gasteiger partial charge in [-0.15, -0.1) is 0 Å². The molecule has 1 aromatic rings. The molecule has 0 radical (unpaired) electrons. The average molecular weight is 362 g/mol. The normalized spacial score (nSPS) is 11.6. The molecule has 0 aromatic heterocycles. The molecule has 144 valence electrons. The lowest BCUT2D eigenvalue weighted by atomic mass is 10.1. The minimum atomic E-state index is -0.283. The summed E-state index contributed by atoms with van der Waals surface area (Å²) < 4.78 is 0. The van der Waals surface area contributed by atoms with E-state index in [4.69, 9.17) is 17.0 Å². The fraction of sp³-hybridized carbons (Fsp3) is 0.588. The number of azide groups is 1. The molecule has 0 fully saturated rings. The molecule has 0 spiro atoms. The van der Waals surface area contributed by atoms with Crippen LogP contribution in [0.15, 0.2) is 29.4 Å². The number of nitrogens with one attached hydrogen (secondary N) is 3. The van der Waals surface area contributed by atoms with Gasteiger partial charge in [-0.2, -0.15) is 0 Å². The number of benzene rings is 1. The van der Waals surface area contributed by atoms with E-state index in [0.717, 1.165) is 38.8 Å². The predicted octanol–water partition coefficient (Wildman–Crippen LogP) is 1.59. The lowest BCUT2D eigenvalue weighted by molar-refractivity contribution is -0.118. The lowest BCUT2D eigenvalue weighted by Crippen LogP contribution is -2.41. The van der Waals surface area contributed by atoms with Gasteiger partial charge >= 0.3 is 0 Å². The molecule has 1 amide bonds. The first-order valence-electron chi connectivity index (χ1n) is 9.01. The Morgan fingerprint density at radius 1 is 1.08 bits per heavy atom. The molecule has 9 heteroatoms. The van der Waals surface area contributed by atoms with Gasteiger partial charge in [0.1, 0.15) is 0 Å². The van der Waals surface area contributed by atoms with Crippen LogP contribution in [0.5, 0.6) is 0 Å². The van der Waals surface area contributed by atoms with E-state index in [9.17, 15) is 4.79 Å². The van der Waals surface area contributed by atoms with Gasteiger partial charge in [0.15, 0.2) is 0 Å². The third-order valence-corrected chi connectivity index (χ3v) is 3.79. The Morgan fingerprint density at radius 2 is 1.73 bits per heavy atom. The summed E-state index contributed by atoms with van der Waals surface area (Å²) in [6, 6.07) is 6.47. The molecular weight excluding hydrogens is 332 g/mol. The molecule has 1 rings (SSSR count). The van der Waals surface area contributed by atoms with E-state index in [2.05, 4.69) is 26.0 Å².